The number of hydrogen-bond donors (Lipinski definition) is 1. The highest BCUT2D eigenvalue weighted by Gasteiger charge is 2.44. The third-order valence-corrected chi connectivity index (χ3v) is 7.91. The van der Waals surface area contributed by atoms with E-state index in [0.717, 1.165) is 45.7 Å². The van der Waals surface area contributed by atoms with Crippen LogP contribution >= 0.6 is 12.2 Å². The molecule has 2 amide bonds. The summed E-state index contributed by atoms with van der Waals surface area (Å²) in [6, 6.07) is 20.7. The third kappa shape index (κ3) is 7.32. The van der Waals surface area contributed by atoms with Crippen LogP contribution in [0.15, 0.2) is 78.9 Å². The maximum absolute atomic E-state index is 13.6. The fourth-order valence-electron chi connectivity index (χ4n) is 5.31. The van der Waals surface area contributed by atoms with Gasteiger partial charge in [-0.25, -0.2) is 8.78 Å². The van der Waals surface area contributed by atoms with Crippen LogP contribution in [0.3, 0.4) is 0 Å². The number of anilines is 2. The summed E-state index contributed by atoms with van der Waals surface area (Å²) in [5, 5.41) is 3.03. The van der Waals surface area contributed by atoms with Crippen LogP contribution in [0.4, 0.5) is 20.2 Å². The van der Waals surface area contributed by atoms with E-state index in [0.29, 0.717) is 23.0 Å². The quantitative estimate of drug-likeness (QED) is 0.358. The molecule has 2 aliphatic rings. The summed E-state index contributed by atoms with van der Waals surface area (Å²) < 4.78 is 26.8. The highest BCUT2D eigenvalue weighted by atomic mass is 32.1. The van der Waals surface area contributed by atoms with Crippen LogP contribution in [0.5, 0.6) is 0 Å². The summed E-state index contributed by atoms with van der Waals surface area (Å²) >= 11 is 5.72. The monoisotopic (exact) mass is 577 g/mol. The van der Waals surface area contributed by atoms with E-state index in [1.165, 1.54) is 59.0 Å². The SMILES string of the molecule is O=C(CC1C(=O)N(c2ccc(F)cc2)C(=S)N1CCCN1CCN(Cc2ccccc2)CC1)Nc1ccc(F)cc1. The number of carbonyl (C=O) groups is 2. The molecule has 2 saturated heterocycles. The summed E-state index contributed by atoms with van der Waals surface area (Å²) in [4.78, 5) is 34.5. The number of rotatable bonds is 10. The van der Waals surface area contributed by atoms with Gasteiger partial charge in [-0.2, -0.15) is 0 Å². The first kappa shape index (κ1) is 28.8. The van der Waals surface area contributed by atoms with Crippen LogP contribution in [-0.2, 0) is 16.1 Å². The van der Waals surface area contributed by atoms with Crippen LogP contribution in [0.2, 0.25) is 0 Å². The Hall–Kier alpha value is -3.73. The number of nitrogens with one attached hydrogen (secondary N) is 1. The predicted octanol–water partition coefficient (Wildman–Crippen LogP) is 4.50. The largest absolute Gasteiger partial charge is 0.336 e. The fraction of sp³-hybridized carbons (Fsp3) is 0.323. The number of halogens is 2. The number of nitrogens with zero attached hydrogens (tertiary/aromatic N) is 4. The van der Waals surface area contributed by atoms with Crippen molar-refractivity contribution in [3.8, 4) is 0 Å². The molecule has 1 unspecified atom stereocenters. The average molecular weight is 578 g/mol. The Morgan fingerprint density at radius 3 is 2.10 bits per heavy atom. The van der Waals surface area contributed by atoms with Gasteiger partial charge in [-0.05, 0) is 79.3 Å². The summed E-state index contributed by atoms with van der Waals surface area (Å²) in [5.41, 5.74) is 2.22. The lowest BCUT2D eigenvalue weighted by Crippen LogP contribution is -2.47. The van der Waals surface area contributed by atoms with Gasteiger partial charge in [-0.15, -0.1) is 0 Å². The molecule has 2 fully saturated rings. The number of thiocarbonyl (C=S) groups is 1. The number of piperazine rings is 1. The molecular formula is C31H33F2N5O2S. The van der Waals surface area contributed by atoms with Crippen LogP contribution in [0.1, 0.15) is 18.4 Å². The minimum Gasteiger partial charge on any atom is -0.336 e. The molecule has 3 aromatic carbocycles. The molecule has 41 heavy (non-hydrogen) atoms. The first-order valence-corrected chi connectivity index (χ1v) is 14.2. The zero-order chi connectivity index (χ0) is 28.8. The molecular weight excluding hydrogens is 544 g/mol. The summed E-state index contributed by atoms with van der Waals surface area (Å²) in [5.74, 6) is -1.52. The van der Waals surface area contributed by atoms with E-state index in [1.807, 2.05) is 6.07 Å². The standard InChI is InChI=1S/C31H33F2N5O2S/c32-24-7-11-26(12-8-24)34-29(39)21-28-30(40)38(27-13-9-25(33)10-14-27)31(41)37(28)16-4-15-35-17-19-36(20-18-35)22-23-5-2-1-3-6-23/h1-3,5-14,28H,4,15-22H2,(H,34,39). The van der Waals surface area contributed by atoms with Gasteiger partial charge in [0.15, 0.2) is 5.11 Å². The van der Waals surface area contributed by atoms with E-state index in [-0.39, 0.29) is 18.2 Å². The summed E-state index contributed by atoms with van der Waals surface area (Å²) in [7, 11) is 0. The second-order valence-corrected chi connectivity index (χ2v) is 10.7. The van der Waals surface area contributed by atoms with E-state index >= 15 is 0 Å². The number of hydrogen-bond acceptors (Lipinski definition) is 5. The lowest BCUT2D eigenvalue weighted by molar-refractivity contribution is -0.124. The Bertz CT molecular complexity index is 1350. The van der Waals surface area contributed by atoms with Gasteiger partial charge in [0.25, 0.3) is 5.91 Å². The average Bonchev–Trinajstić information content (AvgIpc) is 3.20. The van der Waals surface area contributed by atoms with Gasteiger partial charge < -0.3 is 15.1 Å². The smallest absolute Gasteiger partial charge is 0.256 e. The molecule has 0 saturated carbocycles. The molecule has 214 valence electrons. The van der Waals surface area contributed by atoms with Gasteiger partial charge in [-0.1, -0.05) is 30.3 Å². The van der Waals surface area contributed by atoms with Crippen LogP contribution in [0.25, 0.3) is 0 Å². The van der Waals surface area contributed by atoms with E-state index in [4.69, 9.17) is 12.2 Å². The molecule has 0 spiro atoms. The second kappa shape index (κ2) is 13.3. The predicted molar refractivity (Wildman–Crippen MR) is 159 cm³/mol. The van der Waals surface area contributed by atoms with E-state index in [9.17, 15) is 18.4 Å². The molecule has 3 aromatic rings. The fourth-order valence-corrected chi connectivity index (χ4v) is 5.73. The molecule has 2 heterocycles. The normalized spacial score (nSPS) is 18.2. The van der Waals surface area contributed by atoms with Gasteiger partial charge in [0, 0.05) is 45.0 Å². The molecule has 1 N–H and O–H groups in total. The van der Waals surface area contributed by atoms with Gasteiger partial charge in [0.1, 0.15) is 17.7 Å². The van der Waals surface area contributed by atoms with Crippen LogP contribution in [0, 0.1) is 11.6 Å². The van der Waals surface area contributed by atoms with Gasteiger partial charge in [0.05, 0.1) is 12.1 Å². The van der Waals surface area contributed by atoms with Crippen molar-refractivity contribution in [1.29, 1.82) is 0 Å². The molecule has 7 nitrogen and oxygen atoms in total. The number of carbonyl (C=O) groups excluding carboxylic acids is 2. The topological polar surface area (TPSA) is 59.1 Å². The maximum Gasteiger partial charge on any atom is 0.256 e. The molecule has 2 aliphatic heterocycles. The molecule has 1 atom stereocenters. The Morgan fingerprint density at radius 1 is 0.829 bits per heavy atom. The van der Waals surface area contributed by atoms with Crippen LogP contribution < -0.4 is 10.2 Å². The van der Waals surface area contributed by atoms with Crippen molar-refractivity contribution in [1.82, 2.24) is 14.7 Å². The summed E-state index contributed by atoms with van der Waals surface area (Å²) in [6.07, 6.45) is 0.644. The molecule has 0 aliphatic carbocycles. The van der Waals surface area contributed by atoms with Gasteiger partial charge in [-0.3, -0.25) is 19.4 Å². The highest BCUT2D eigenvalue weighted by Crippen LogP contribution is 2.28. The second-order valence-electron chi connectivity index (χ2n) is 10.4. The first-order chi connectivity index (χ1) is 19.9. The third-order valence-electron chi connectivity index (χ3n) is 7.50. The van der Waals surface area contributed by atoms with Gasteiger partial charge >= 0.3 is 0 Å². The molecule has 0 bridgehead atoms. The van der Waals surface area contributed by atoms with E-state index in [1.54, 1.807) is 4.90 Å². The number of amides is 2. The minimum absolute atomic E-state index is 0.119. The molecule has 0 radical (unpaired) electrons. The Kier molecular flexibility index (Phi) is 9.33. The van der Waals surface area contributed by atoms with Crippen molar-refractivity contribution in [3.05, 3.63) is 96.1 Å². The highest BCUT2D eigenvalue weighted by molar-refractivity contribution is 7.80. The lowest BCUT2D eigenvalue weighted by Gasteiger charge is -2.35. The van der Waals surface area contributed by atoms with E-state index in [2.05, 4.69) is 39.4 Å². The Balaban J connectivity index is 1.20. The van der Waals surface area contributed by atoms with Crippen molar-refractivity contribution in [3.63, 3.8) is 0 Å². The van der Waals surface area contributed by atoms with Crippen LogP contribution in [-0.4, -0.2) is 76.9 Å². The number of benzene rings is 3. The van der Waals surface area contributed by atoms with Crippen molar-refractivity contribution >= 4 is 40.5 Å². The maximum atomic E-state index is 13.6. The first-order valence-electron chi connectivity index (χ1n) is 13.8. The van der Waals surface area contributed by atoms with Crippen molar-refractivity contribution in [2.75, 3.05) is 49.5 Å². The van der Waals surface area contributed by atoms with Crippen molar-refractivity contribution in [2.45, 2.75) is 25.4 Å². The minimum atomic E-state index is -0.796. The van der Waals surface area contributed by atoms with Crippen molar-refractivity contribution in [2.24, 2.45) is 0 Å². The molecule has 0 aromatic heterocycles. The zero-order valence-electron chi connectivity index (χ0n) is 22.7. The lowest BCUT2D eigenvalue weighted by atomic mass is 10.1. The Morgan fingerprint density at radius 2 is 1.44 bits per heavy atom. The molecule has 5 rings (SSSR count). The zero-order valence-corrected chi connectivity index (χ0v) is 23.5. The van der Waals surface area contributed by atoms with E-state index < -0.39 is 17.7 Å². The van der Waals surface area contributed by atoms with Crippen molar-refractivity contribution < 1.29 is 18.4 Å². The molecule has 10 heteroatoms. The summed E-state index contributed by atoms with van der Waals surface area (Å²) in [6.45, 7) is 6.18. The Labute approximate surface area is 244 Å². The van der Waals surface area contributed by atoms with Gasteiger partial charge in [0.2, 0.25) is 5.91 Å².